The molecule has 1 aromatic rings. The van der Waals surface area contributed by atoms with Crippen molar-refractivity contribution in [2.24, 2.45) is 10.7 Å². The number of amidine groups is 1. The van der Waals surface area contributed by atoms with E-state index >= 15 is 0 Å². The molecular weight excluding hydrogens is 287 g/mol. The first-order chi connectivity index (χ1) is 9.92. The highest BCUT2D eigenvalue weighted by atomic mass is 19.3. The van der Waals surface area contributed by atoms with Crippen LogP contribution in [0.3, 0.4) is 0 Å². The van der Waals surface area contributed by atoms with Crippen LogP contribution in [0.2, 0.25) is 0 Å². The number of nitrogens with one attached hydrogen (secondary N) is 1. The van der Waals surface area contributed by atoms with E-state index < -0.39 is 24.5 Å². The molecule has 114 valence electrons. The van der Waals surface area contributed by atoms with Gasteiger partial charge >= 0.3 is 6.55 Å². The normalized spacial score (nSPS) is 21.3. The molecule has 1 fully saturated rings. The fourth-order valence-corrected chi connectivity index (χ4v) is 2.13. The van der Waals surface area contributed by atoms with E-state index in [0.717, 1.165) is 0 Å². The first-order valence-electron chi connectivity index (χ1n) is 6.20. The number of alkyl halides is 2. The highest BCUT2D eigenvalue weighted by Gasteiger charge is 2.43. The van der Waals surface area contributed by atoms with Gasteiger partial charge in [0.15, 0.2) is 0 Å². The summed E-state index contributed by atoms with van der Waals surface area (Å²) in [4.78, 5) is 13.2. The van der Waals surface area contributed by atoms with Gasteiger partial charge in [0, 0.05) is 11.6 Å². The summed E-state index contributed by atoms with van der Waals surface area (Å²) < 4.78 is 43.1. The Morgan fingerprint density at radius 3 is 2.90 bits per heavy atom. The van der Waals surface area contributed by atoms with Crippen LogP contribution >= 0.6 is 0 Å². The van der Waals surface area contributed by atoms with Crippen molar-refractivity contribution in [3.05, 3.63) is 29.1 Å². The maximum absolute atomic E-state index is 14.1. The van der Waals surface area contributed by atoms with Crippen LogP contribution in [0.1, 0.15) is 23.5 Å². The number of hydrogen-bond donors (Lipinski definition) is 2. The lowest BCUT2D eigenvalue weighted by Gasteiger charge is -2.09. The van der Waals surface area contributed by atoms with Crippen molar-refractivity contribution in [2.75, 3.05) is 5.32 Å². The SMILES string of the molecule is Cc1cc(NC=O)cc([C@H]2C[C@H]2O/C(N)=N\C(F)F)c1F. The predicted octanol–water partition coefficient (Wildman–Crippen LogP) is 2.11. The van der Waals surface area contributed by atoms with Crippen molar-refractivity contribution in [1.82, 2.24) is 0 Å². The summed E-state index contributed by atoms with van der Waals surface area (Å²) in [7, 11) is 0. The quantitative estimate of drug-likeness (QED) is 0.378. The van der Waals surface area contributed by atoms with Crippen LogP contribution in [0, 0.1) is 12.7 Å². The summed E-state index contributed by atoms with van der Waals surface area (Å²) in [5, 5.41) is 2.44. The highest BCUT2D eigenvalue weighted by Crippen LogP contribution is 2.45. The number of halogens is 3. The molecule has 1 aliphatic carbocycles. The van der Waals surface area contributed by atoms with Crippen LogP contribution in [0.4, 0.5) is 18.9 Å². The van der Waals surface area contributed by atoms with Crippen LogP contribution < -0.4 is 11.1 Å². The standard InChI is InChI=1S/C13H14F3N3O2/c1-6-2-7(18-5-20)3-9(11(6)14)8-4-10(8)21-13(17)19-12(15)16/h2-3,5,8,10,12H,4H2,1H3,(H2,17,19)(H,18,20)/t8-,10-/m1/s1. The van der Waals surface area contributed by atoms with Crippen LogP contribution in [0.5, 0.6) is 0 Å². The Morgan fingerprint density at radius 2 is 2.29 bits per heavy atom. The zero-order valence-electron chi connectivity index (χ0n) is 11.1. The molecule has 1 saturated carbocycles. The maximum atomic E-state index is 14.1. The Kier molecular flexibility index (Phi) is 4.35. The number of anilines is 1. The van der Waals surface area contributed by atoms with E-state index in [2.05, 4.69) is 10.3 Å². The summed E-state index contributed by atoms with van der Waals surface area (Å²) in [5.74, 6) is -0.713. The predicted molar refractivity (Wildman–Crippen MR) is 70.7 cm³/mol. The Hall–Kier alpha value is -2.25. The molecule has 0 bridgehead atoms. The van der Waals surface area contributed by atoms with E-state index in [1.807, 2.05) is 0 Å². The lowest BCUT2D eigenvalue weighted by Crippen LogP contribution is -2.19. The van der Waals surface area contributed by atoms with Crippen LogP contribution in [0.25, 0.3) is 0 Å². The topological polar surface area (TPSA) is 76.7 Å². The third-order valence-electron chi connectivity index (χ3n) is 3.14. The third-order valence-corrected chi connectivity index (χ3v) is 3.14. The number of rotatable bonds is 5. The smallest absolute Gasteiger partial charge is 0.336 e. The minimum atomic E-state index is -2.94. The third kappa shape index (κ3) is 3.65. The molecule has 1 aromatic carbocycles. The molecule has 0 heterocycles. The van der Waals surface area contributed by atoms with Crippen LogP contribution in [0.15, 0.2) is 17.1 Å². The van der Waals surface area contributed by atoms with Crippen molar-refractivity contribution >= 4 is 18.1 Å². The van der Waals surface area contributed by atoms with Gasteiger partial charge < -0.3 is 15.8 Å². The summed E-state index contributed by atoms with van der Waals surface area (Å²) in [6.45, 7) is -1.37. The summed E-state index contributed by atoms with van der Waals surface area (Å²) in [6, 6.07) is 2.38. The minimum Gasteiger partial charge on any atom is -0.461 e. The second kappa shape index (κ2) is 6.02. The number of benzene rings is 1. The molecule has 3 N–H and O–H groups in total. The second-order valence-corrected chi connectivity index (χ2v) is 4.70. The molecule has 0 unspecified atom stereocenters. The van der Waals surface area contributed by atoms with Crippen molar-refractivity contribution in [2.45, 2.75) is 31.9 Å². The molecule has 0 aromatic heterocycles. The minimum absolute atomic E-state index is 0.302. The Labute approximate surface area is 119 Å². The van der Waals surface area contributed by atoms with Gasteiger partial charge in [-0.1, -0.05) is 0 Å². The zero-order chi connectivity index (χ0) is 15.6. The van der Waals surface area contributed by atoms with Gasteiger partial charge in [-0.05, 0) is 36.6 Å². The first kappa shape index (κ1) is 15.1. The number of amides is 1. The molecule has 2 atom stereocenters. The van der Waals surface area contributed by atoms with Gasteiger partial charge in [-0.25, -0.2) is 4.39 Å². The van der Waals surface area contributed by atoms with Gasteiger partial charge in [0.2, 0.25) is 6.41 Å². The van der Waals surface area contributed by atoms with E-state index in [4.69, 9.17) is 10.5 Å². The number of hydrogen-bond acceptors (Lipinski definition) is 3. The van der Waals surface area contributed by atoms with Gasteiger partial charge in [-0.3, -0.25) is 4.79 Å². The van der Waals surface area contributed by atoms with E-state index in [-0.39, 0.29) is 5.92 Å². The highest BCUT2D eigenvalue weighted by molar-refractivity contribution is 5.73. The van der Waals surface area contributed by atoms with Gasteiger partial charge in [-0.15, -0.1) is 0 Å². The fraction of sp³-hybridized carbons (Fsp3) is 0.385. The first-order valence-corrected chi connectivity index (χ1v) is 6.20. The summed E-state index contributed by atoms with van der Waals surface area (Å²) in [5.41, 5.74) is 6.38. The number of ether oxygens (including phenoxy) is 1. The maximum Gasteiger partial charge on any atom is 0.336 e. The average Bonchev–Trinajstić information content (AvgIpc) is 3.11. The number of carbonyl (C=O) groups is 1. The largest absolute Gasteiger partial charge is 0.461 e. The molecule has 0 spiro atoms. The zero-order valence-corrected chi connectivity index (χ0v) is 11.1. The molecular formula is C13H14F3N3O2. The molecule has 0 saturated heterocycles. The monoisotopic (exact) mass is 301 g/mol. The Bertz CT molecular complexity index is 578. The number of nitrogens with zero attached hydrogens (tertiary/aromatic N) is 1. The molecule has 0 aliphatic heterocycles. The number of aryl methyl sites for hydroxylation is 1. The summed E-state index contributed by atoms with van der Waals surface area (Å²) >= 11 is 0. The fourth-order valence-electron chi connectivity index (χ4n) is 2.13. The lowest BCUT2D eigenvalue weighted by molar-refractivity contribution is -0.105. The summed E-state index contributed by atoms with van der Waals surface area (Å²) in [6.07, 6.45) is 0.443. The molecule has 8 heteroatoms. The van der Waals surface area contributed by atoms with E-state index in [0.29, 0.717) is 29.6 Å². The van der Waals surface area contributed by atoms with Crippen molar-refractivity contribution in [3.63, 3.8) is 0 Å². The second-order valence-electron chi connectivity index (χ2n) is 4.70. The number of nitrogens with two attached hydrogens (primary N) is 1. The van der Waals surface area contributed by atoms with Crippen molar-refractivity contribution in [1.29, 1.82) is 0 Å². The number of aliphatic imine (C=N–C) groups is 1. The molecule has 1 amide bonds. The molecule has 21 heavy (non-hydrogen) atoms. The lowest BCUT2D eigenvalue weighted by atomic mass is 10.0. The number of carbonyl (C=O) groups excluding carboxylic acids is 1. The van der Waals surface area contributed by atoms with Crippen LogP contribution in [-0.4, -0.2) is 25.1 Å². The van der Waals surface area contributed by atoms with Gasteiger partial charge in [0.05, 0.1) is 0 Å². The Balaban J connectivity index is 2.12. The molecule has 1 aliphatic rings. The van der Waals surface area contributed by atoms with E-state index in [9.17, 15) is 18.0 Å². The van der Waals surface area contributed by atoms with Crippen molar-refractivity contribution in [3.8, 4) is 0 Å². The van der Waals surface area contributed by atoms with Gasteiger partial charge in [-0.2, -0.15) is 13.8 Å². The van der Waals surface area contributed by atoms with E-state index in [1.54, 1.807) is 6.92 Å². The van der Waals surface area contributed by atoms with Crippen LogP contribution in [-0.2, 0) is 9.53 Å². The molecule has 0 radical (unpaired) electrons. The Morgan fingerprint density at radius 1 is 1.57 bits per heavy atom. The molecule has 5 nitrogen and oxygen atoms in total. The van der Waals surface area contributed by atoms with Gasteiger partial charge in [0.25, 0.3) is 6.02 Å². The van der Waals surface area contributed by atoms with Crippen molar-refractivity contribution < 1.29 is 22.7 Å². The molecule has 2 rings (SSSR count). The average molecular weight is 301 g/mol. The van der Waals surface area contributed by atoms with E-state index in [1.165, 1.54) is 12.1 Å². The van der Waals surface area contributed by atoms with Gasteiger partial charge in [0.1, 0.15) is 11.9 Å².